The smallest absolute Gasteiger partial charge is 0.408 e. The van der Waals surface area contributed by atoms with Crippen molar-refractivity contribution in [3.8, 4) is 5.75 Å². The van der Waals surface area contributed by atoms with Crippen LogP contribution in [0.1, 0.15) is 11.1 Å². The Hall–Kier alpha value is -3.06. The first kappa shape index (κ1) is 19.3. The second-order valence-corrected chi connectivity index (χ2v) is 5.58. The Morgan fingerprint density at radius 1 is 1.04 bits per heavy atom. The molecule has 1 amide bonds. The van der Waals surface area contributed by atoms with Crippen molar-refractivity contribution in [2.45, 2.75) is 19.1 Å². The maximum Gasteiger partial charge on any atom is 0.408 e. The zero-order valence-electron chi connectivity index (χ0n) is 14.3. The van der Waals surface area contributed by atoms with Gasteiger partial charge < -0.3 is 25.6 Å². The fourth-order valence-electron chi connectivity index (χ4n) is 2.24. The normalized spacial score (nSPS) is 11.4. The van der Waals surface area contributed by atoms with E-state index < -0.39 is 18.1 Å². The molecular formula is C19H22N2O5. The quantitative estimate of drug-likeness (QED) is 0.632. The standard InChI is InChI=1S/C19H22N2O5/c20-10-11-25-16-8-6-14(7-9-16)12-17(18(22)23)21-19(24)26-13-15-4-2-1-3-5-15/h1-9,17H,10-13,20H2,(H,21,24)(H,22,23)/t17-/m0/s1. The summed E-state index contributed by atoms with van der Waals surface area (Å²) in [7, 11) is 0. The lowest BCUT2D eigenvalue weighted by molar-refractivity contribution is -0.139. The molecule has 2 rings (SSSR count). The summed E-state index contributed by atoms with van der Waals surface area (Å²) in [6.45, 7) is 0.899. The van der Waals surface area contributed by atoms with Crippen molar-refractivity contribution in [1.29, 1.82) is 0 Å². The van der Waals surface area contributed by atoms with Crippen molar-refractivity contribution in [1.82, 2.24) is 5.32 Å². The number of hydrogen-bond donors (Lipinski definition) is 3. The van der Waals surface area contributed by atoms with Gasteiger partial charge in [0.15, 0.2) is 0 Å². The van der Waals surface area contributed by atoms with E-state index in [-0.39, 0.29) is 13.0 Å². The SMILES string of the molecule is NCCOc1ccc(C[C@H](NC(=O)OCc2ccccc2)C(=O)O)cc1. The molecule has 4 N–H and O–H groups in total. The van der Waals surface area contributed by atoms with Gasteiger partial charge >= 0.3 is 12.1 Å². The maximum atomic E-state index is 11.9. The topological polar surface area (TPSA) is 111 Å². The lowest BCUT2D eigenvalue weighted by Gasteiger charge is -2.15. The van der Waals surface area contributed by atoms with Crippen molar-refractivity contribution >= 4 is 12.1 Å². The highest BCUT2D eigenvalue weighted by atomic mass is 16.5. The first-order valence-electron chi connectivity index (χ1n) is 8.20. The van der Waals surface area contributed by atoms with E-state index in [9.17, 15) is 14.7 Å². The minimum absolute atomic E-state index is 0.0756. The number of amides is 1. The molecule has 0 aliphatic rings. The Balaban J connectivity index is 1.87. The molecule has 0 aliphatic heterocycles. The summed E-state index contributed by atoms with van der Waals surface area (Å²) in [4.78, 5) is 23.3. The van der Waals surface area contributed by atoms with Crippen molar-refractivity contribution in [3.63, 3.8) is 0 Å². The predicted molar refractivity (Wildman–Crippen MR) is 95.9 cm³/mol. The molecule has 7 nitrogen and oxygen atoms in total. The van der Waals surface area contributed by atoms with Crippen molar-refractivity contribution in [3.05, 3.63) is 65.7 Å². The van der Waals surface area contributed by atoms with E-state index in [1.165, 1.54) is 0 Å². The van der Waals surface area contributed by atoms with E-state index in [0.29, 0.717) is 18.9 Å². The van der Waals surface area contributed by atoms with Crippen LogP contribution in [0.2, 0.25) is 0 Å². The first-order chi connectivity index (χ1) is 12.6. The zero-order chi connectivity index (χ0) is 18.8. The Labute approximate surface area is 151 Å². The van der Waals surface area contributed by atoms with Gasteiger partial charge in [-0.05, 0) is 23.3 Å². The highest BCUT2D eigenvalue weighted by Crippen LogP contribution is 2.13. The summed E-state index contributed by atoms with van der Waals surface area (Å²) in [6.07, 6.45) is -0.642. The van der Waals surface area contributed by atoms with Crippen LogP contribution in [0.3, 0.4) is 0 Å². The van der Waals surface area contributed by atoms with Gasteiger partial charge in [0.2, 0.25) is 0 Å². The lowest BCUT2D eigenvalue weighted by atomic mass is 10.1. The Morgan fingerprint density at radius 2 is 1.73 bits per heavy atom. The largest absolute Gasteiger partial charge is 0.492 e. The average molecular weight is 358 g/mol. The molecule has 0 radical (unpaired) electrons. The van der Waals surface area contributed by atoms with E-state index in [0.717, 1.165) is 11.1 Å². The molecular weight excluding hydrogens is 336 g/mol. The van der Waals surface area contributed by atoms with E-state index in [4.69, 9.17) is 15.2 Å². The van der Waals surface area contributed by atoms with E-state index in [1.54, 1.807) is 24.3 Å². The number of hydrogen-bond acceptors (Lipinski definition) is 5. The molecule has 26 heavy (non-hydrogen) atoms. The number of alkyl carbamates (subject to hydrolysis) is 1. The fraction of sp³-hybridized carbons (Fsp3) is 0.263. The molecule has 0 saturated heterocycles. The van der Waals surface area contributed by atoms with Crippen LogP contribution in [0.15, 0.2) is 54.6 Å². The number of ether oxygens (including phenoxy) is 2. The third kappa shape index (κ3) is 6.45. The molecule has 0 unspecified atom stereocenters. The zero-order valence-corrected chi connectivity index (χ0v) is 14.3. The number of benzene rings is 2. The Bertz CT molecular complexity index is 704. The number of nitrogens with one attached hydrogen (secondary N) is 1. The third-order valence-electron chi connectivity index (χ3n) is 3.55. The lowest BCUT2D eigenvalue weighted by Crippen LogP contribution is -2.42. The number of carbonyl (C=O) groups is 2. The average Bonchev–Trinajstić information content (AvgIpc) is 2.66. The molecule has 2 aromatic carbocycles. The number of aliphatic carboxylic acids is 1. The minimum Gasteiger partial charge on any atom is -0.492 e. The monoisotopic (exact) mass is 358 g/mol. The molecule has 138 valence electrons. The second-order valence-electron chi connectivity index (χ2n) is 5.58. The summed E-state index contributed by atoms with van der Waals surface area (Å²) >= 11 is 0. The van der Waals surface area contributed by atoms with Gasteiger partial charge in [0.1, 0.15) is 25.0 Å². The number of nitrogens with two attached hydrogens (primary N) is 1. The van der Waals surface area contributed by atoms with Gasteiger partial charge in [-0.15, -0.1) is 0 Å². The number of carbonyl (C=O) groups excluding carboxylic acids is 1. The van der Waals surface area contributed by atoms with Crippen LogP contribution < -0.4 is 15.8 Å². The molecule has 2 aromatic rings. The molecule has 0 spiro atoms. The Morgan fingerprint density at radius 3 is 2.35 bits per heavy atom. The van der Waals surface area contributed by atoms with Crippen LogP contribution in [0.5, 0.6) is 5.75 Å². The molecule has 1 atom stereocenters. The highest BCUT2D eigenvalue weighted by Gasteiger charge is 2.21. The summed E-state index contributed by atoms with van der Waals surface area (Å²) in [6, 6.07) is 15.0. The molecule has 0 saturated carbocycles. The molecule has 0 aliphatic carbocycles. The second kappa shape index (κ2) is 10.0. The predicted octanol–water partition coefficient (Wildman–Crippen LogP) is 1.95. The van der Waals surface area contributed by atoms with Gasteiger partial charge in [0, 0.05) is 13.0 Å². The molecule has 0 fully saturated rings. The van der Waals surface area contributed by atoms with E-state index in [1.807, 2.05) is 30.3 Å². The summed E-state index contributed by atoms with van der Waals surface area (Å²) < 4.78 is 10.4. The van der Waals surface area contributed by atoms with Crippen molar-refractivity contribution in [2.75, 3.05) is 13.2 Å². The molecule has 0 bridgehead atoms. The van der Waals surface area contributed by atoms with Crippen molar-refractivity contribution < 1.29 is 24.2 Å². The minimum atomic E-state index is -1.13. The summed E-state index contributed by atoms with van der Waals surface area (Å²) in [5, 5.41) is 11.7. The summed E-state index contributed by atoms with van der Waals surface area (Å²) in [5.41, 5.74) is 6.94. The van der Waals surface area contributed by atoms with E-state index >= 15 is 0 Å². The Kier molecular flexibility index (Phi) is 7.45. The maximum absolute atomic E-state index is 11.9. The van der Waals surface area contributed by atoms with Crippen LogP contribution in [0.4, 0.5) is 4.79 Å². The van der Waals surface area contributed by atoms with Gasteiger partial charge in [-0.2, -0.15) is 0 Å². The fourth-order valence-corrected chi connectivity index (χ4v) is 2.24. The first-order valence-corrected chi connectivity index (χ1v) is 8.20. The van der Waals surface area contributed by atoms with Gasteiger partial charge in [0.25, 0.3) is 0 Å². The van der Waals surface area contributed by atoms with Crippen LogP contribution >= 0.6 is 0 Å². The molecule has 0 heterocycles. The molecule has 0 aromatic heterocycles. The highest BCUT2D eigenvalue weighted by molar-refractivity contribution is 5.80. The van der Waals surface area contributed by atoms with Gasteiger partial charge in [-0.25, -0.2) is 9.59 Å². The van der Waals surface area contributed by atoms with Crippen LogP contribution in [-0.2, 0) is 22.6 Å². The van der Waals surface area contributed by atoms with Crippen molar-refractivity contribution in [2.24, 2.45) is 5.73 Å². The number of carboxylic acid groups (broad SMARTS) is 1. The number of rotatable bonds is 9. The van der Waals surface area contributed by atoms with Gasteiger partial charge in [0.05, 0.1) is 0 Å². The van der Waals surface area contributed by atoms with Crippen LogP contribution in [0, 0.1) is 0 Å². The van der Waals surface area contributed by atoms with Gasteiger partial charge in [-0.1, -0.05) is 42.5 Å². The summed E-state index contributed by atoms with van der Waals surface area (Å²) in [5.74, 6) is -0.480. The molecule has 7 heteroatoms. The van der Waals surface area contributed by atoms with Crippen LogP contribution in [-0.4, -0.2) is 36.4 Å². The van der Waals surface area contributed by atoms with Gasteiger partial charge in [-0.3, -0.25) is 0 Å². The number of carboxylic acids is 1. The van der Waals surface area contributed by atoms with Crippen LogP contribution in [0.25, 0.3) is 0 Å². The van der Waals surface area contributed by atoms with E-state index in [2.05, 4.69) is 5.32 Å². The third-order valence-corrected chi connectivity index (χ3v) is 3.55.